The van der Waals surface area contributed by atoms with Gasteiger partial charge in [-0.15, -0.1) is 0 Å². The highest BCUT2D eigenvalue weighted by molar-refractivity contribution is 5.65. The highest BCUT2D eigenvalue weighted by atomic mass is 15.1. The van der Waals surface area contributed by atoms with Gasteiger partial charge >= 0.3 is 0 Å². The van der Waals surface area contributed by atoms with Crippen LogP contribution < -0.4 is 4.90 Å². The quantitative estimate of drug-likeness (QED) is 0.656. The van der Waals surface area contributed by atoms with E-state index in [1.54, 1.807) is 0 Å². The van der Waals surface area contributed by atoms with Crippen molar-refractivity contribution in [2.45, 2.75) is 39.0 Å². The number of hydrogen-bond acceptors (Lipinski definition) is 1. The van der Waals surface area contributed by atoms with Gasteiger partial charge in [0.25, 0.3) is 0 Å². The van der Waals surface area contributed by atoms with Crippen LogP contribution in [-0.2, 0) is 5.41 Å². The number of benzene rings is 1. The zero-order chi connectivity index (χ0) is 12.5. The molecule has 2 heteroatoms. The third-order valence-corrected chi connectivity index (χ3v) is 3.38. The SMILES string of the molecule is [C-]#[N+]c1cc(N2CCCC2)ccc1C(C)(C)C. The molecule has 1 aliphatic heterocycles. The molecule has 1 aromatic rings. The molecule has 0 radical (unpaired) electrons. The van der Waals surface area contributed by atoms with E-state index < -0.39 is 0 Å². The maximum absolute atomic E-state index is 7.34. The highest BCUT2D eigenvalue weighted by Crippen LogP contribution is 2.35. The summed E-state index contributed by atoms with van der Waals surface area (Å²) in [5.74, 6) is 0. The Kier molecular flexibility index (Phi) is 3.11. The molecule has 0 N–H and O–H groups in total. The molecule has 90 valence electrons. The van der Waals surface area contributed by atoms with Crippen molar-refractivity contribution in [3.63, 3.8) is 0 Å². The Hall–Kier alpha value is -1.49. The van der Waals surface area contributed by atoms with Crippen LogP contribution in [-0.4, -0.2) is 13.1 Å². The second-order valence-electron chi connectivity index (χ2n) is 5.76. The van der Waals surface area contributed by atoms with Gasteiger partial charge in [-0.05, 0) is 36.0 Å². The highest BCUT2D eigenvalue weighted by Gasteiger charge is 2.20. The summed E-state index contributed by atoms with van der Waals surface area (Å²) in [5, 5.41) is 0. The normalized spacial score (nSPS) is 16.0. The van der Waals surface area contributed by atoms with Gasteiger partial charge in [0.05, 0.1) is 6.57 Å². The van der Waals surface area contributed by atoms with Crippen LogP contribution in [0.1, 0.15) is 39.2 Å². The largest absolute Gasteiger partial charge is 0.373 e. The van der Waals surface area contributed by atoms with Gasteiger partial charge in [0.2, 0.25) is 0 Å². The Balaban J connectivity index is 2.38. The average Bonchev–Trinajstić information content (AvgIpc) is 2.80. The first kappa shape index (κ1) is 12.0. The van der Waals surface area contributed by atoms with E-state index >= 15 is 0 Å². The molecule has 0 aromatic heterocycles. The predicted molar refractivity (Wildman–Crippen MR) is 72.9 cm³/mol. The summed E-state index contributed by atoms with van der Waals surface area (Å²) in [4.78, 5) is 6.07. The van der Waals surface area contributed by atoms with Crippen LogP contribution in [0.3, 0.4) is 0 Å². The lowest BCUT2D eigenvalue weighted by molar-refractivity contribution is 0.593. The maximum Gasteiger partial charge on any atom is 0.192 e. The molecule has 2 rings (SSSR count). The Bertz CT molecular complexity index is 443. The second-order valence-corrected chi connectivity index (χ2v) is 5.76. The van der Waals surface area contributed by atoms with Crippen LogP contribution in [0.15, 0.2) is 18.2 Å². The summed E-state index contributed by atoms with van der Waals surface area (Å²) in [6.07, 6.45) is 2.54. The van der Waals surface area contributed by atoms with Crippen LogP contribution in [0, 0.1) is 6.57 Å². The van der Waals surface area contributed by atoms with Crippen molar-refractivity contribution in [3.8, 4) is 0 Å². The number of anilines is 1. The molecular weight excluding hydrogens is 208 g/mol. The Labute approximate surface area is 104 Å². The van der Waals surface area contributed by atoms with Gasteiger partial charge in [-0.2, -0.15) is 0 Å². The molecule has 1 saturated heterocycles. The van der Waals surface area contributed by atoms with Crippen LogP contribution in [0.4, 0.5) is 11.4 Å². The van der Waals surface area contributed by atoms with E-state index in [1.165, 1.54) is 18.5 Å². The van der Waals surface area contributed by atoms with Gasteiger partial charge < -0.3 is 4.90 Å². The summed E-state index contributed by atoms with van der Waals surface area (Å²) in [6.45, 7) is 16.1. The summed E-state index contributed by atoms with van der Waals surface area (Å²) >= 11 is 0. The fourth-order valence-corrected chi connectivity index (χ4v) is 2.42. The summed E-state index contributed by atoms with van der Waals surface area (Å²) in [6, 6.07) is 6.35. The smallest absolute Gasteiger partial charge is 0.192 e. The third-order valence-electron chi connectivity index (χ3n) is 3.38. The van der Waals surface area contributed by atoms with Crippen LogP contribution in [0.5, 0.6) is 0 Å². The topological polar surface area (TPSA) is 7.60 Å². The molecule has 1 heterocycles. The van der Waals surface area contributed by atoms with Crippen molar-refractivity contribution in [1.82, 2.24) is 0 Å². The van der Waals surface area contributed by atoms with E-state index in [0.29, 0.717) is 0 Å². The zero-order valence-corrected chi connectivity index (χ0v) is 11.0. The van der Waals surface area contributed by atoms with Crippen molar-refractivity contribution in [3.05, 3.63) is 35.2 Å². The first-order valence-electron chi connectivity index (χ1n) is 6.29. The van der Waals surface area contributed by atoms with Crippen LogP contribution in [0.25, 0.3) is 4.85 Å². The van der Waals surface area contributed by atoms with Crippen molar-refractivity contribution in [2.24, 2.45) is 0 Å². The molecule has 0 spiro atoms. The lowest BCUT2D eigenvalue weighted by atomic mass is 9.85. The fourth-order valence-electron chi connectivity index (χ4n) is 2.42. The molecule has 0 bridgehead atoms. The second kappa shape index (κ2) is 4.41. The summed E-state index contributed by atoms with van der Waals surface area (Å²) in [5.41, 5.74) is 3.21. The molecular formula is C15H20N2. The molecule has 1 aliphatic rings. The summed E-state index contributed by atoms with van der Waals surface area (Å²) in [7, 11) is 0. The average molecular weight is 228 g/mol. The van der Waals surface area contributed by atoms with Crippen molar-refractivity contribution in [2.75, 3.05) is 18.0 Å². The zero-order valence-electron chi connectivity index (χ0n) is 11.0. The lowest BCUT2D eigenvalue weighted by Gasteiger charge is -2.24. The Morgan fingerprint density at radius 2 is 1.82 bits per heavy atom. The molecule has 0 unspecified atom stereocenters. The van der Waals surface area contributed by atoms with E-state index in [9.17, 15) is 0 Å². The molecule has 1 fully saturated rings. The van der Waals surface area contributed by atoms with Crippen LogP contribution >= 0.6 is 0 Å². The number of hydrogen-bond donors (Lipinski definition) is 0. The van der Waals surface area contributed by atoms with Gasteiger partial charge in [0.15, 0.2) is 5.69 Å². The van der Waals surface area contributed by atoms with E-state index in [1.807, 2.05) is 0 Å². The van der Waals surface area contributed by atoms with Crippen molar-refractivity contribution >= 4 is 11.4 Å². The first-order valence-corrected chi connectivity index (χ1v) is 6.29. The van der Waals surface area contributed by atoms with Gasteiger partial charge in [-0.3, -0.25) is 0 Å². The standard InChI is InChI=1S/C15H20N2/c1-15(2,3)13-8-7-12(11-14(13)16-4)17-9-5-6-10-17/h7-8,11H,5-6,9-10H2,1-3H3. The van der Waals surface area contributed by atoms with E-state index in [-0.39, 0.29) is 5.41 Å². The molecule has 0 amide bonds. The minimum Gasteiger partial charge on any atom is -0.373 e. The molecule has 2 nitrogen and oxygen atoms in total. The molecule has 1 aromatic carbocycles. The molecule has 17 heavy (non-hydrogen) atoms. The first-order chi connectivity index (χ1) is 8.02. The van der Waals surface area contributed by atoms with Gasteiger partial charge in [0.1, 0.15) is 0 Å². The lowest BCUT2D eigenvalue weighted by Crippen LogP contribution is -2.18. The summed E-state index contributed by atoms with van der Waals surface area (Å²) < 4.78 is 0. The van der Waals surface area contributed by atoms with E-state index in [4.69, 9.17) is 6.57 Å². The minimum atomic E-state index is 0.0451. The van der Waals surface area contributed by atoms with E-state index in [2.05, 4.69) is 48.7 Å². The third kappa shape index (κ3) is 2.44. The van der Waals surface area contributed by atoms with Gasteiger partial charge in [0, 0.05) is 18.8 Å². The molecule has 0 aliphatic carbocycles. The molecule has 0 saturated carbocycles. The van der Waals surface area contributed by atoms with E-state index in [0.717, 1.165) is 24.3 Å². The van der Waals surface area contributed by atoms with Gasteiger partial charge in [-0.1, -0.05) is 26.8 Å². The van der Waals surface area contributed by atoms with Crippen molar-refractivity contribution < 1.29 is 0 Å². The number of rotatable bonds is 1. The Morgan fingerprint density at radius 3 is 2.35 bits per heavy atom. The van der Waals surface area contributed by atoms with Gasteiger partial charge in [-0.25, -0.2) is 4.85 Å². The van der Waals surface area contributed by atoms with Crippen LogP contribution in [0.2, 0.25) is 0 Å². The predicted octanol–water partition coefficient (Wildman–Crippen LogP) is 4.14. The maximum atomic E-state index is 7.34. The monoisotopic (exact) mass is 228 g/mol. The number of nitrogens with zero attached hydrogens (tertiary/aromatic N) is 2. The molecule has 0 atom stereocenters. The minimum absolute atomic E-state index is 0.0451. The fraction of sp³-hybridized carbons (Fsp3) is 0.533. The van der Waals surface area contributed by atoms with Crippen molar-refractivity contribution in [1.29, 1.82) is 0 Å². The Morgan fingerprint density at radius 1 is 1.18 bits per heavy atom.